The Labute approximate surface area is 209 Å². The van der Waals surface area contributed by atoms with Gasteiger partial charge < -0.3 is 19.8 Å². The van der Waals surface area contributed by atoms with Gasteiger partial charge in [-0.15, -0.1) is 0 Å². The van der Waals surface area contributed by atoms with Crippen LogP contribution in [0.25, 0.3) is 33.6 Å². The maximum Gasteiger partial charge on any atom is 0.254 e. The number of nitrogens with two attached hydrogens (primary N) is 1. The minimum Gasteiger partial charge on any atom is -0.334 e. The van der Waals surface area contributed by atoms with Crippen molar-refractivity contribution in [3.05, 3.63) is 47.7 Å². The fourth-order valence-corrected chi connectivity index (χ4v) is 5.67. The number of likely N-dealkylation sites (tertiary alicyclic amines) is 1. The van der Waals surface area contributed by atoms with Gasteiger partial charge in [0.25, 0.3) is 5.91 Å². The third-order valence-electron chi connectivity index (χ3n) is 8.05. The van der Waals surface area contributed by atoms with Crippen LogP contribution in [0.1, 0.15) is 44.9 Å². The van der Waals surface area contributed by atoms with Gasteiger partial charge in [0.15, 0.2) is 5.82 Å². The molecule has 1 saturated carbocycles. The zero-order valence-corrected chi connectivity index (χ0v) is 20.7. The zero-order valence-electron chi connectivity index (χ0n) is 20.7. The molecule has 36 heavy (non-hydrogen) atoms. The number of halogens is 2. The Morgan fingerprint density at radius 2 is 2.00 bits per heavy atom. The van der Waals surface area contributed by atoms with Crippen LogP contribution in [0.3, 0.4) is 0 Å². The number of rotatable bonds is 5. The SMILES string of the molecule is CCC1CN(C(=O)c2cc(F)c3c(c2)nc(-c2cc4cc(F)cnc4n2CC2CC2)n3C)[C@H](C)[C@@H]1N.[HH]. The van der Waals surface area contributed by atoms with E-state index in [1.807, 2.05) is 13.0 Å². The summed E-state index contributed by atoms with van der Waals surface area (Å²) >= 11 is 0. The number of aromatic nitrogens is 4. The van der Waals surface area contributed by atoms with Crippen LogP contribution in [-0.4, -0.2) is 48.5 Å². The first-order valence-corrected chi connectivity index (χ1v) is 12.6. The molecule has 190 valence electrons. The summed E-state index contributed by atoms with van der Waals surface area (Å²) in [6.07, 6.45) is 4.39. The first-order chi connectivity index (χ1) is 17.3. The summed E-state index contributed by atoms with van der Waals surface area (Å²) in [6, 6.07) is 6.06. The molecule has 9 heteroatoms. The molecule has 2 fully saturated rings. The van der Waals surface area contributed by atoms with Crippen LogP contribution in [0, 0.1) is 23.5 Å². The third kappa shape index (κ3) is 3.59. The number of benzene rings is 1. The van der Waals surface area contributed by atoms with E-state index in [9.17, 15) is 9.18 Å². The predicted octanol–water partition coefficient (Wildman–Crippen LogP) is 4.72. The van der Waals surface area contributed by atoms with Crippen LogP contribution in [-0.2, 0) is 13.6 Å². The molecule has 1 unspecified atom stereocenters. The van der Waals surface area contributed by atoms with E-state index in [1.165, 1.54) is 18.3 Å². The molecular weight excluding hydrogens is 462 g/mol. The van der Waals surface area contributed by atoms with Gasteiger partial charge in [0, 0.05) is 44.6 Å². The van der Waals surface area contributed by atoms with Crippen LogP contribution >= 0.6 is 0 Å². The number of pyridine rings is 1. The summed E-state index contributed by atoms with van der Waals surface area (Å²) < 4.78 is 33.1. The molecular formula is C27H32F2N6O. The van der Waals surface area contributed by atoms with Crippen molar-refractivity contribution in [2.45, 2.75) is 51.7 Å². The van der Waals surface area contributed by atoms with Crippen molar-refractivity contribution in [3.8, 4) is 11.5 Å². The minimum atomic E-state index is -0.505. The third-order valence-corrected chi connectivity index (χ3v) is 8.05. The number of aryl methyl sites for hydroxylation is 1. The lowest BCUT2D eigenvalue weighted by molar-refractivity contribution is 0.0739. The van der Waals surface area contributed by atoms with Gasteiger partial charge in [-0.05, 0) is 55.9 Å². The Hall–Kier alpha value is -3.33. The Morgan fingerprint density at radius 1 is 1.22 bits per heavy atom. The van der Waals surface area contributed by atoms with Gasteiger partial charge in [-0.25, -0.2) is 18.7 Å². The Bertz CT molecular complexity index is 1510. The van der Waals surface area contributed by atoms with E-state index in [0.717, 1.165) is 31.5 Å². The van der Waals surface area contributed by atoms with E-state index in [1.54, 1.807) is 22.6 Å². The lowest BCUT2D eigenvalue weighted by atomic mass is 9.98. The van der Waals surface area contributed by atoms with Gasteiger partial charge in [0.2, 0.25) is 0 Å². The average Bonchev–Trinajstić information content (AvgIpc) is 3.43. The molecule has 1 aliphatic carbocycles. The summed E-state index contributed by atoms with van der Waals surface area (Å²) in [6.45, 7) is 5.33. The second kappa shape index (κ2) is 8.37. The maximum atomic E-state index is 15.5. The molecule has 6 rings (SSSR count). The minimum absolute atomic E-state index is 0. The molecule has 1 aliphatic heterocycles. The molecule has 0 radical (unpaired) electrons. The molecule has 2 aliphatic rings. The molecule has 1 saturated heterocycles. The van der Waals surface area contributed by atoms with Crippen LogP contribution in [0.2, 0.25) is 0 Å². The normalized spacial score (nSPS) is 22.3. The van der Waals surface area contributed by atoms with Crippen LogP contribution in [0.4, 0.5) is 8.78 Å². The van der Waals surface area contributed by atoms with Gasteiger partial charge in [-0.1, -0.05) is 13.3 Å². The van der Waals surface area contributed by atoms with Crippen molar-refractivity contribution in [2.75, 3.05) is 6.54 Å². The Morgan fingerprint density at radius 3 is 2.69 bits per heavy atom. The van der Waals surface area contributed by atoms with Gasteiger partial charge in [-0.3, -0.25) is 4.79 Å². The molecule has 2 N–H and O–H groups in total. The second-order valence-electron chi connectivity index (χ2n) is 10.4. The van der Waals surface area contributed by atoms with Gasteiger partial charge in [0.1, 0.15) is 22.8 Å². The lowest BCUT2D eigenvalue weighted by Crippen LogP contribution is -2.41. The monoisotopic (exact) mass is 494 g/mol. The van der Waals surface area contributed by atoms with Gasteiger partial charge in [0.05, 0.1) is 17.4 Å². The number of imidazole rings is 1. The Balaban J connectivity index is 0.00000280. The van der Waals surface area contributed by atoms with Crippen LogP contribution in [0.5, 0.6) is 0 Å². The topological polar surface area (TPSA) is 82.0 Å². The second-order valence-corrected chi connectivity index (χ2v) is 10.4. The Kier molecular flexibility index (Phi) is 5.37. The van der Waals surface area contributed by atoms with E-state index in [0.29, 0.717) is 40.4 Å². The molecule has 7 nitrogen and oxygen atoms in total. The number of amides is 1. The molecule has 4 heterocycles. The number of carbonyl (C=O) groups is 1. The van der Waals surface area contributed by atoms with E-state index in [2.05, 4.69) is 16.5 Å². The van der Waals surface area contributed by atoms with E-state index in [4.69, 9.17) is 10.7 Å². The fourth-order valence-electron chi connectivity index (χ4n) is 5.67. The smallest absolute Gasteiger partial charge is 0.254 e. The van der Waals surface area contributed by atoms with E-state index >= 15 is 4.39 Å². The number of fused-ring (bicyclic) bond motifs is 2. The van der Waals surface area contributed by atoms with E-state index < -0.39 is 11.6 Å². The summed E-state index contributed by atoms with van der Waals surface area (Å²) in [5, 5.41) is 0.680. The highest BCUT2D eigenvalue weighted by molar-refractivity contribution is 5.98. The van der Waals surface area contributed by atoms with Crippen LogP contribution < -0.4 is 5.73 Å². The highest BCUT2D eigenvalue weighted by Crippen LogP contribution is 2.36. The molecule has 0 bridgehead atoms. The van der Waals surface area contributed by atoms with Crippen molar-refractivity contribution in [3.63, 3.8) is 0 Å². The lowest BCUT2D eigenvalue weighted by Gasteiger charge is -2.23. The molecule has 1 amide bonds. The number of hydrogen-bond donors (Lipinski definition) is 1. The standard InChI is InChI=1S/C27H30F2N6O.H2/c1-4-16-13-34(14(2)23(16)30)27(36)18-8-20(29)24-21(9-18)32-26(33(24)3)22-10-17-7-19(28)11-31-25(17)35(22)12-15-5-6-15;/h7-11,14-16,23H,4-6,12-13,30H2,1-3H3;1H/t14-,16?,23+;/m1./s1. The average molecular weight is 495 g/mol. The summed E-state index contributed by atoms with van der Waals surface area (Å²) in [5.74, 6) is 0.181. The first-order valence-electron chi connectivity index (χ1n) is 12.6. The summed E-state index contributed by atoms with van der Waals surface area (Å²) in [4.78, 5) is 24.2. The first kappa shape index (κ1) is 23.1. The zero-order chi connectivity index (χ0) is 25.3. The van der Waals surface area contributed by atoms with Crippen molar-refractivity contribution < 1.29 is 15.0 Å². The molecule has 3 aromatic heterocycles. The quantitative estimate of drug-likeness (QED) is 0.435. The largest absolute Gasteiger partial charge is 0.334 e. The van der Waals surface area contributed by atoms with Crippen molar-refractivity contribution in [2.24, 2.45) is 24.6 Å². The fraction of sp³-hybridized carbons (Fsp3) is 0.444. The van der Waals surface area contributed by atoms with E-state index in [-0.39, 0.29) is 30.9 Å². The number of hydrogen-bond acceptors (Lipinski definition) is 4. The van der Waals surface area contributed by atoms with Crippen molar-refractivity contribution >= 4 is 28.0 Å². The van der Waals surface area contributed by atoms with Gasteiger partial charge in [-0.2, -0.15) is 0 Å². The molecule has 0 spiro atoms. The highest BCUT2D eigenvalue weighted by Gasteiger charge is 2.39. The highest BCUT2D eigenvalue weighted by atomic mass is 19.1. The number of carbonyl (C=O) groups excluding carboxylic acids is 1. The van der Waals surface area contributed by atoms with Crippen LogP contribution in [0.15, 0.2) is 30.5 Å². The molecule has 4 aromatic rings. The molecule has 3 atom stereocenters. The van der Waals surface area contributed by atoms with Crippen molar-refractivity contribution in [1.29, 1.82) is 0 Å². The maximum absolute atomic E-state index is 15.5. The van der Waals surface area contributed by atoms with Gasteiger partial charge >= 0.3 is 0 Å². The number of nitrogens with zero attached hydrogens (tertiary/aromatic N) is 5. The summed E-state index contributed by atoms with van der Waals surface area (Å²) in [5.41, 5.74) is 8.76. The summed E-state index contributed by atoms with van der Waals surface area (Å²) in [7, 11) is 1.76. The van der Waals surface area contributed by atoms with Crippen molar-refractivity contribution in [1.82, 2.24) is 24.0 Å². The molecule has 1 aromatic carbocycles. The predicted molar refractivity (Wildman–Crippen MR) is 136 cm³/mol.